The van der Waals surface area contributed by atoms with Crippen LogP contribution in [0.5, 0.6) is 0 Å². The number of piperidine rings is 1. The molecule has 1 aromatic carbocycles. The van der Waals surface area contributed by atoms with Crippen LogP contribution in [0.1, 0.15) is 23.2 Å². The minimum atomic E-state index is -0.548. The van der Waals surface area contributed by atoms with Crippen LogP contribution in [-0.2, 0) is 4.79 Å². The number of benzene rings is 1. The van der Waals surface area contributed by atoms with Gasteiger partial charge in [0.1, 0.15) is 10.8 Å². The maximum Gasteiger partial charge on any atom is 0.256 e. The van der Waals surface area contributed by atoms with Crippen LogP contribution in [0.25, 0.3) is 0 Å². The standard InChI is InChI=1S/C18H19FN4O2S/c19-15-6-2-1-5-14(15)18(25)23-9-3-4-12(11-23)17(24)22-13-7-8-21-16(10-13)26-20/h1-2,5-8,10,12H,3-4,9,11,20H2,(H,21,22,24). The van der Waals surface area contributed by atoms with Crippen molar-refractivity contribution in [2.24, 2.45) is 11.1 Å². The fraction of sp³-hybridized carbons (Fsp3) is 0.278. The average molecular weight is 374 g/mol. The molecule has 3 N–H and O–H groups in total. The Balaban J connectivity index is 1.67. The zero-order valence-electron chi connectivity index (χ0n) is 14.0. The molecule has 1 aromatic heterocycles. The van der Waals surface area contributed by atoms with E-state index >= 15 is 0 Å². The Morgan fingerprint density at radius 1 is 1.31 bits per heavy atom. The minimum absolute atomic E-state index is 0.0345. The summed E-state index contributed by atoms with van der Waals surface area (Å²) in [5.74, 6) is -1.45. The lowest BCUT2D eigenvalue weighted by atomic mass is 9.96. The normalized spacial score (nSPS) is 17.0. The number of carbonyl (C=O) groups excluding carboxylic acids is 2. The zero-order valence-corrected chi connectivity index (χ0v) is 14.8. The largest absolute Gasteiger partial charge is 0.338 e. The Hall–Kier alpha value is -2.45. The predicted octanol–water partition coefficient (Wildman–Crippen LogP) is 2.68. The van der Waals surface area contributed by atoms with Crippen molar-refractivity contribution in [3.63, 3.8) is 0 Å². The monoisotopic (exact) mass is 374 g/mol. The summed E-state index contributed by atoms with van der Waals surface area (Å²) in [7, 11) is 0. The number of likely N-dealkylation sites (tertiary alicyclic amines) is 1. The molecule has 0 bridgehead atoms. The van der Waals surface area contributed by atoms with Crippen LogP contribution >= 0.6 is 11.9 Å². The lowest BCUT2D eigenvalue weighted by Crippen LogP contribution is -2.44. The molecule has 0 saturated carbocycles. The molecule has 8 heteroatoms. The van der Waals surface area contributed by atoms with Gasteiger partial charge in [-0.15, -0.1) is 0 Å². The van der Waals surface area contributed by atoms with Crippen molar-refractivity contribution < 1.29 is 14.0 Å². The lowest BCUT2D eigenvalue weighted by molar-refractivity contribution is -0.121. The second-order valence-electron chi connectivity index (χ2n) is 6.06. The first-order valence-electron chi connectivity index (χ1n) is 8.26. The molecule has 3 rings (SSSR count). The van der Waals surface area contributed by atoms with E-state index in [1.165, 1.54) is 12.1 Å². The Morgan fingerprint density at radius 2 is 2.12 bits per heavy atom. The lowest BCUT2D eigenvalue weighted by Gasteiger charge is -2.32. The summed E-state index contributed by atoms with van der Waals surface area (Å²) in [6, 6.07) is 9.26. The molecule has 1 saturated heterocycles. The molecule has 0 radical (unpaired) electrons. The van der Waals surface area contributed by atoms with E-state index < -0.39 is 5.82 Å². The van der Waals surface area contributed by atoms with Gasteiger partial charge in [-0.2, -0.15) is 0 Å². The van der Waals surface area contributed by atoms with E-state index in [9.17, 15) is 14.0 Å². The molecule has 136 valence electrons. The Kier molecular flexibility index (Phi) is 5.85. The summed E-state index contributed by atoms with van der Waals surface area (Å²) in [6.45, 7) is 0.781. The topological polar surface area (TPSA) is 88.3 Å². The highest BCUT2D eigenvalue weighted by molar-refractivity contribution is 7.97. The Morgan fingerprint density at radius 3 is 2.88 bits per heavy atom. The summed E-state index contributed by atoms with van der Waals surface area (Å²) in [4.78, 5) is 30.7. The summed E-state index contributed by atoms with van der Waals surface area (Å²) in [5.41, 5.74) is 0.641. The molecule has 6 nitrogen and oxygen atoms in total. The quantitative estimate of drug-likeness (QED) is 0.804. The first-order chi connectivity index (χ1) is 12.6. The van der Waals surface area contributed by atoms with Gasteiger partial charge in [-0.1, -0.05) is 12.1 Å². The van der Waals surface area contributed by atoms with Crippen molar-refractivity contribution in [2.45, 2.75) is 17.9 Å². The van der Waals surface area contributed by atoms with Gasteiger partial charge in [-0.3, -0.25) is 14.7 Å². The van der Waals surface area contributed by atoms with Crippen molar-refractivity contribution in [1.29, 1.82) is 0 Å². The Bertz CT molecular complexity index is 817. The highest BCUT2D eigenvalue weighted by Crippen LogP contribution is 2.22. The highest BCUT2D eigenvalue weighted by atomic mass is 32.2. The fourth-order valence-corrected chi connectivity index (χ4v) is 3.29. The summed E-state index contributed by atoms with van der Waals surface area (Å²) in [6.07, 6.45) is 2.94. The number of amides is 2. The summed E-state index contributed by atoms with van der Waals surface area (Å²) >= 11 is 0.998. The van der Waals surface area contributed by atoms with Crippen molar-refractivity contribution >= 4 is 29.4 Å². The third-order valence-corrected chi connectivity index (χ3v) is 4.77. The van der Waals surface area contributed by atoms with E-state index in [4.69, 9.17) is 5.14 Å². The molecule has 2 amide bonds. The number of nitrogens with two attached hydrogens (primary N) is 1. The van der Waals surface area contributed by atoms with E-state index in [-0.39, 0.29) is 29.8 Å². The second-order valence-corrected chi connectivity index (χ2v) is 6.71. The van der Waals surface area contributed by atoms with Gasteiger partial charge in [-0.25, -0.2) is 9.37 Å². The van der Waals surface area contributed by atoms with Gasteiger partial charge >= 0.3 is 0 Å². The van der Waals surface area contributed by atoms with Gasteiger partial charge in [-0.05, 0) is 49.1 Å². The molecule has 0 spiro atoms. The highest BCUT2D eigenvalue weighted by Gasteiger charge is 2.29. The first kappa shape index (κ1) is 18.3. The van der Waals surface area contributed by atoms with Gasteiger partial charge in [0.05, 0.1) is 11.5 Å². The number of rotatable bonds is 4. The van der Waals surface area contributed by atoms with Crippen molar-refractivity contribution in [3.05, 3.63) is 54.0 Å². The number of nitrogens with one attached hydrogen (secondary N) is 1. The van der Waals surface area contributed by atoms with E-state index in [0.717, 1.165) is 11.9 Å². The number of aromatic nitrogens is 1. The van der Waals surface area contributed by atoms with Crippen LogP contribution in [0.15, 0.2) is 47.6 Å². The van der Waals surface area contributed by atoms with Gasteiger partial charge in [0.2, 0.25) is 5.91 Å². The molecule has 1 unspecified atom stereocenters. The number of carbonyl (C=O) groups is 2. The maximum atomic E-state index is 13.9. The summed E-state index contributed by atoms with van der Waals surface area (Å²) in [5, 5.41) is 8.91. The van der Waals surface area contributed by atoms with Crippen LogP contribution in [0.4, 0.5) is 10.1 Å². The zero-order chi connectivity index (χ0) is 18.5. The van der Waals surface area contributed by atoms with Crippen LogP contribution in [-0.4, -0.2) is 34.8 Å². The van der Waals surface area contributed by atoms with Crippen molar-refractivity contribution in [2.75, 3.05) is 18.4 Å². The smallest absolute Gasteiger partial charge is 0.256 e. The van der Waals surface area contributed by atoms with Gasteiger partial charge in [0, 0.05) is 25.0 Å². The Labute approximate surface area is 155 Å². The molecule has 0 aliphatic carbocycles. The molecule has 1 atom stereocenters. The van der Waals surface area contributed by atoms with E-state index in [2.05, 4.69) is 10.3 Å². The number of hydrogen-bond donors (Lipinski definition) is 2. The number of nitrogens with zero attached hydrogens (tertiary/aromatic N) is 2. The average Bonchev–Trinajstić information content (AvgIpc) is 2.68. The first-order valence-corrected chi connectivity index (χ1v) is 9.14. The van der Waals surface area contributed by atoms with Crippen LogP contribution in [0, 0.1) is 11.7 Å². The van der Waals surface area contributed by atoms with E-state index in [1.807, 2.05) is 0 Å². The second kappa shape index (κ2) is 8.29. The molecular weight excluding hydrogens is 355 g/mol. The van der Waals surface area contributed by atoms with Crippen LogP contribution in [0.3, 0.4) is 0 Å². The molecule has 1 aliphatic heterocycles. The number of halogens is 1. The molecule has 26 heavy (non-hydrogen) atoms. The molecule has 1 aliphatic rings. The van der Waals surface area contributed by atoms with E-state index in [0.29, 0.717) is 30.1 Å². The maximum absolute atomic E-state index is 13.9. The predicted molar refractivity (Wildman–Crippen MR) is 97.9 cm³/mol. The third-order valence-electron chi connectivity index (χ3n) is 4.31. The molecule has 2 aromatic rings. The van der Waals surface area contributed by atoms with Gasteiger partial charge in [0.15, 0.2) is 0 Å². The van der Waals surface area contributed by atoms with Crippen LogP contribution < -0.4 is 10.5 Å². The number of hydrogen-bond acceptors (Lipinski definition) is 5. The van der Waals surface area contributed by atoms with E-state index in [1.54, 1.807) is 35.4 Å². The number of anilines is 1. The van der Waals surface area contributed by atoms with Gasteiger partial charge in [0.25, 0.3) is 5.91 Å². The molecule has 1 fully saturated rings. The SMILES string of the molecule is NSc1cc(NC(=O)C2CCCN(C(=O)c3ccccc3F)C2)ccn1. The minimum Gasteiger partial charge on any atom is -0.338 e. The molecular formula is C18H19FN4O2S. The summed E-state index contributed by atoms with van der Waals surface area (Å²) < 4.78 is 13.9. The fourth-order valence-electron chi connectivity index (χ4n) is 2.98. The van der Waals surface area contributed by atoms with Gasteiger partial charge < -0.3 is 10.2 Å². The van der Waals surface area contributed by atoms with Crippen LogP contribution in [0.2, 0.25) is 0 Å². The number of pyridine rings is 1. The van der Waals surface area contributed by atoms with Crippen molar-refractivity contribution in [1.82, 2.24) is 9.88 Å². The third kappa shape index (κ3) is 4.20. The molecule has 2 heterocycles. The van der Waals surface area contributed by atoms with Crippen molar-refractivity contribution in [3.8, 4) is 0 Å².